The van der Waals surface area contributed by atoms with Crippen molar-refractivity contribution < 1.29 is 0 Å². The fourth-order valence-electron chi connectivity index (χ4n) is 3.09. The summed E-state index contributed by atoms with van der Waals surface area (Å²) < 4.78 is 0. The van der Waals surface area contributed by atoms with Gasteiger partial charge in [0, 0.05) is 29.0 Å². The van der Waals surface area contributed by atoms with Gasteiger partial charge in [0.05, 0.1) is 0 Å². The number of nitrogens with one attached hydrogen (secondary N) is 2. The first-order valence-corrected chi connectivity index (χ1v) is 8.85. The average Bonchev–Trinajstić information content (AvgIpc) is 2.64. The molecule has 1 aliphatic carbocycles. The van der Waals surface area contributed by atoms with Crippen LogP contribution < -0.4 is 10.6 Å². The van der Waals surface area contributed by atoms with E-state index in [1.165, 1.54) is 11.1 Å². The van der Waals surface area contributed by atoms with Crippen molar-refractivity contribution in [2.24, 2.45) is 0 Å². The van der Waals surface area contributed by atoms with Gasteiger partial charge in [0.2, 0.25) is 0 Å². The summed E-state index contributed by atoms with van der Waals surface area (Å²) >= 11 is 0. The third kappa shape index (κ3) is 4.42. The maximum Gasteiger partial charge on any atom is 0.0485 e. The molecule has 0 aliphatic heterocycles. The van der Waals surface area contributed by atoms with Crippen molar-refractivity contribution in [1.82, 2.24) is 5.32 Å². The van der Waals surface area contributed by atoms with Crippen LogP contribution in [0.5, 0.6) is 0 Å². The van der Waals surface area contributed by atoms with Gasteiger partial charge < -0.3 is 10.6 Å². The van der Waals surface area contributed by atoms with Crippen molar-refractivity contribution in [2.75, 3.05) is 5.32 Å². The number of rotatable bonds is 6. The Kier molecular flexibility index (Phi) is 5.39. The third-order valence-corrected chi connectivity index (χ3v) is 4.51. The Bertz CT molecular complexity index is 787. The normalized spacial score (nSPS) is 17.1. The summed E-state index contributed by atoms with van der Waals surface area (Å²) in [6, 6.07) is 17.5. The van der Waals surface area contributed by atoms with Crippen LogP contribution in [-0.2, 0) is 0 Å². The monoisotopic (exact) mass is 330 g/mol. The fraction of sp³-hybridized carbons (Fsp3) is 0.217. The number of allylic oxidation sites excluding steroid dienone is 2. The Labute approximate surface area is 151 Å². The predicted molar refractivity (Wildman–Crippen MR) is 109 cm³/mol. The van der Waals surface area contributed by atoms with Gasteiger partial charge in [-0.3, -0.25) is 0 Å². The van der Waals surface area contributed by atoms with Crippen LogP contribution in [0, 0.1) is 6.92 Å². The van der Waals surface area contributed by atoms with Crippen molar-refractivity contribution in [3.05, 3.63) is 96.1 Å². The number of aryl methyl sites for hydroxylation is 1. The highest BCUT2D eigenvalue weighted by Gasteiger charge is 2.13. The average molecular weight is 330 g/mol. The summed E-state index contributed by atoms with van der Waals surface area (Å²) in [5.41, 5.74) is 5.68. The zero-order valence-electron chi connectivity index (χ0n) is 15.0. The SMILES string of the molecule is C=C(NC(C)c1ccccc1)c1cc(C)ccc1NC1C=CC=CC1. The molecule has 25 heavy (non-hydrogen) atoms. The molecule has 0 saturated carbocycles. The molecule has 0 spiro atoms. The number of hydrogen-bond donors (Lipinski definition) is 2. The van der Waals surface area contributed by atoms with E-state index in [9.17, 15) is 0 Å². The molecule has 0 heterocycles. The van der Waals surface area contributed by atoms with Crippen LogP contribution in [0.3, 0.4) is 0 Å². The van der Waals surface area contributed by atoms with E-state index in [4.69, 9.17) is 0 Å². The number of benzene rings is 2. The van der Waals surface area contributed by atoms with E-state index >= 15 is 0 Å². The Balaban J connectivity index is 1.78. The number of anilines is 1. The maximum atomic E-state index is 4.30. The first-order chi connectivity index (χ1) is 12.1. The summed E-state index contributed by atoms with van der Waals surface area (Å²) in [6.07, 6.45) is 9.59. The molecule has 2 atom stereocenters. The van der Waals surface area contributed by atoms with Crippen LogP contribution in [0.2, 0.25) is 0 Å². The van der Waals surface area contributed by atoms with Gasteiger partial charge in [0.1, 0.15) is 0 Å². The van der Waals surface area contributed by atoms with E-state index in [0.29, 0.717) is 6.04 Å². The van der Waals surface area contributed by atoms with E-state index in [2.05, 4.69) is 97.8 Å². The molecule has 2 nitrogen and oxygen atoms in total. The zero-order valence-corrected chi connectivity index (χ0v) is 15.0. The van der Waals surface area contributed by atoms with Gasteiger partial charge in [-0.15, -0.1) is 0 Å². The standard InChI is InChI=1S/C23H26N2/c1-17-14-15-23(25-21-12-8-5-9-13-21)22(16-17)19(3)24-18(2)20-10-6-4-7-11-20/h4-12,14-16,18,21,24-25H,3,13H2,1-2H3. The highest BCUT2D eigenvalue weighted by molar-refractivity contribution is 5.75. The van der Waals surface area contributed by atoms with Crippen LogP contribution in [0.1, 0.15) is 36.1 Å². The molecule has 2 heteroatoms. The van der Waals surface area contributed by atoms with Gasteiger partial charge in [-0.25, -0.2) is 0 Å². The summed E-state index contributed by atoms with van der Waals surface area (Å²) in [6.45, 7) is 8.58. The van der Waals surface area contributed by atoms with Crippen LogP contribution in [0.15, 0.2) is 79.4 Å². The lowest BCUT2D eigenvalue weighted by Gasteiger charge is -2.23. The molecule has 0 aromatic heterocycles. The molecule has 2 aromatic rings. The van der Waals surface area contributed by atoms with Crippen LogP contribution in [0.4, 0.5) is 5.69 Å². The van der Waals surface area contributed by atoms with Gasteiger partial charge >= 0.3 is 0 Å². The topological polar surface area (TPSA) is 24.1 Å². The summed E-state index contributed by atoms with van der Waals surface area (Å²) in [7, 11) is 0. The fourth-order valence-corrected chi connectivity index (χ4v) is 3.09. The van der Waals surface area contributed by atoms with Crippen LogP contribution >= 0.6 is 0 Å². The zero-order chi connectivity index (χ0) is 17.6. The van der Waals surface area contributed by atoms with Crippen molar-refractivity contribution in [3.8, 4) is 0 Å². The predicted octanol–water partition coefficient (Wildman–Crippen LogP) is 5.61. The van der Waals surface area contributed by atoms with E-state index in [-0.39, 0.29) is 6.04 Å². The van der Waals surface area contributed by atoms with Gasteiger partial charge in [-0.1, -0.05) is 72.8 Å². The minimum atomic E-state index is 0.208. The van der Waals surface area contributed by atoms with Crippen molar-refractivity contribution >= 4 is 11.4 Å². The van der Waals surface area contributed by atoms with Crippen molar-refractivity contribution in [1.29, 1.82) is 0 Å². The highest BCUT2D eigenvalue weighted by atomic mass is 15.0. The Morgan fingerprint density at radius 3 is 2.64 bits per heavy atom. The van der Waals surface area contributed by atoms with E-state index in [1.807, 2.05) is 6.07 Å². The number of hydrogen-bond acceptors (Lipinski definition) is 2. The second-order valence-electron chi connectivity index (χ2n) is 6.60. The highest BCUT2D eigenvalue weighted by Crippen LogP contribution is 2.27. The van der Waals surface area contributed by atoms with Gasteiger partial charge in [0.15, 0.2) is 0 Å². The minimum absolute atomic E-state index is 0.208. The second-order valence-corrected chi connectivity index (χ2v) is 6.60. The second kappa shape index (κ2) is 7.89. The van der Waals surface area contributed by atoms with Gasteiger partial charge in [0.25, 0.3) is 0 Å². The Morgan fingerprint density at radius 1 is 1.12 bits per heavy atom. The minimum Gasteiger partial charge on any atom is -0.378 e. The molecule has 0 fully saturated rings. The molecule has 1 aliphatic rings. The van der Waals surface area contributed by atoms with E-state index in [1.54, 1.807) is 0 Å². The van der Waals surface area contributed by atoms with E-state index in [0.717, 1.165) is 23.4 Å². The Morgan fingerprint density at radius 2 is 1.92 bits per heavy atom. The molecule has 128 valence electrons. The van der Waals surface area contributed by atoms with Crippen molar-refractivity contribution in [2.45, 2.75) is 32.4 Å². The molecule has 3 rings (SSSR count). The molecular formula is C23H26N2. The summed E-state index contributed by atoms with van der Waals surface area (Å²) in [4.78, 5) is 0. The van der Waals surface area contributed by atoms with Crippen LogP contribution in [-0.4, -0.2) is 6.04 Å². The lowest BCUT2D eigenvalue weighted by Crippen LogP contribution is -2.21. The molecule has 2 unspecified atom stereocenters. The first kappa shape index (κ1) is 17.1. The quantitative estimate of drug-likeness (QED) is 0.719. The van der Waals surface area contributed by atoms with Crippen LogP contribution in [0.25, 0.3) is 5.70 Å². The molecule has 0 bridgehead atoms. The largest absolute Gasteiger partial charge is 0.378 e. The molecular weight excluding hydrogens is 304 g/mol. The lowest BCUT2D eigenvalue weighted by atomic mass is 10.0. The van der Waals surface area contributed by atoms with Gasteiger partial charge in [-0.2, -0.15) is 0 Å². The molecule has 0 saturated heterocycles. The summed E-state index contributed by atoms with van der Waals surface area (Å²) in [5, 5.41) is 7.18. The third-order valence-electron chi connectivity index (χ3n) is 4.51. The summed E-state index contributed by atoms with van der Waals surface area (Å²) in [5.74, 6) is 0. The molecule has 2 N–H and O–H groups in total. The lowest BCUT2D eigenvalue weighted by molar-refractivity contribution is 0.702. The Hall–Kier alpha value is -2.74. The molecule has 2 aromatic carbocycles. The smallest absolute Gasteiger partial charge is 0.0485 e. The molecule has 0 amide bonds. The molecule has 0 radical (unpaired) electrons. The first-order valence-electron chi connectivity index (χ1n) is 8.85. The van der Waals surface area contributed by atoms with E-state index < -0.39 is 0 Å². The van der Waals surface area contributed by atoms with Gasteiger partial charge in [-0.05, 0) is 38.0 Å². The maximum absolute atomic E-state index is 4.30. The van der Waals surface area contributed by atoms with Crippen molar-refractivity contribution in [3.63, 3.8) is 0 Å².